The molecule has 6 aliphatic rings. The van der Waals surface area contributed by atoms with Crippen LogP contribution in [0.4, 0.5) is 0 Å². The molecule has 5 fully saturated rings. The highest BCUT2D eigenvalue weighted by Gasteiger charge is 2.69. The second kappa shape index (κ2) is 6.69. The summed E-state index contributed by atoms with van der Waals surface area (Å²) in [5, 5.41) is 10.3. The zero-order chi connectivity index (χ0) is 21.8. The third kappa shape index (κ3) is 2.63. The Balaban J connectivity index is 1.34. The summed E-state index contributed by atoms with van der Waals surface area (Å²) in [5.74, 6) is 4.36. The van der Waals surface area contributed by atoms with Crippen molar-refractivity contribution in [1.82, 2.24) is 0 Å². The average Bonchev–Trinajstić information content (AvgIpc) is 3.18. The highest BCUT2D eigenvalue weighted by atomic mass is 16.5. The van der Waals surface area contributed by atoms with Crippen molar-refractivity contribution in [3.8, 4) is 0 Å². The van der Waals surface area contributed by atoms with Crippen LogP contribution in [-0.4, -0.2) is 29.2 Å². The topological polar surface area (TPSA) is 46.5 Å². The van der Waals surface area contributed by atoms with Crippen LogP contribution in [0.15, 0.2) is 11.6 Å². The number of rotatable bonds is 0. The fourth-order valence-corrected chi connectivity index (χ4v) is 10.1. The van der Waals surface area contributed by atoms with Gasteiger partial charge in [-0.2, -0.15) is 0 Å². The molecule has 0 unspecified atom stereocenters. The van der Waals surface area contributed by atoms with E-state index in [1.807, 2.05) is 0 Å². The van der Waals surface area contributed by atoms with Crippen LogP contribution < -0.4 is 0 Å². The molecule has 0 aromatic carbocycles. The maximum Gasteiger partial charge on any atom is 0.162 e. The maximum absolute atomic E-state index is 14.0. The molecule has 1 heterocycles. The first-order valence-corrected chi connectivity index (χ1v) is 13.3. The number of ketones is 1. The molecule has 5 aliphatic carbocycles. The second-order valence-electron chi connectivity index (χ2n) is 13.1. The van der Waals surface area contributed by atoms with Gasteiger partial charge in [-0.25, -0.2) is 0 Å². The number of ether oxygens (including phenoxy) is 1. The van der Waals surface area contributed by atoms with E-state index in [-0.39, 0.29) is 22.5 Å². The van der Waals surface area contributed by atoms with Crippen LogP contribution in [0.1, 0.15) is 85.5 Å². The Hall–Kier alpha value is -0.670. The highest BCUT2D eigenvalue weighted by Crippen LogP contribution is 2.71. The summed E-state index contributed by atoms with van der Waals surface area (Å²) in [7, 11) is 0. The maximum atomic E-state index is 14.0. The highest BCUT2D eigenvalue weighted by molar-refractivity contribution is 5.97. The van der Waals surface area contributed by atoms with Crippen LogP contribution in [0.3, 0.4) is 0 Å². The lowest BCUT2D eigenvalue weighted by molar-refractivity contribution is -0.144. The number of carbonyl (C=O) groups excluding carboxylic acids is 1. The predicted octanol–water partition coefficient (Wildman–Crippen LogP) is 5.56. The zero-order valence-corrected chi connectivity index (χ0v) is 20.0. The van der Waals surface area contributed by atoms with Gasteiger partial charge in [-0.05, 0) is 111 Å². The van der Waals surface area contributed by atoms with E-state index in [0.717, 1.165) is 25.9 Å². The lowest BCUT2D eigenvalue weighted by atomic mass is 9.48. The van der Waals surface area contributed by atoms with Gasteiger partial charge < -0.3 is 9.84 Å². The Morgan fingerprint density at radius 3 is 2.61 bits per heavy atom. The van der Waals surface area contributed by atoms with Crippen molar-refractivity contribution in [2.75, 3.05) is 6.61 Å². The fraction of sp³-hybridized carbons (Fsp3) is 0.893. The summed E-state index contributed by atoms with van der Waals surface area (Å²) in [5.41, 5.74) is 1.44. The molecule has 1 saturated heterocycles. The number of allylic oxidation sites excluding steroid dienone is 2. The number of aliphatic hydroxyl groups excluding tert-OH is 1. The van der Waals surface area contributed by atoms with E-state index in [9.17, 15) is 9.90 Å². The van der Waals surface area contributed by atoms with Crippen molar-refractivity contribution in [2.24, 2.45) is 52.3 Å². The third-order valence-electron chi connectivity index (χ3n) is 11.9. The van der Waals surface area contributed by atoms with Crippen molar-refractivity contribution >= 4 is 5.78 Å². The van der Waals surface area contributed by atoms with E-state index in [1.54, 1.807) is 0 Å². The Kier molecular flexibility index (Phi) is 4.51. The summed E-state index contributed by atoms with van der Waals surface area (Å²) in [6, 6.07) is 0. The van der Waals surface area contributed by atoms with Crippen LogP contribution in [0.25, 0.3) is 0 Å². The zero-order valence-electron chi connectivity index (χ0n) is 20.0. The van der Waals surface area contributed by atoms with Gasteiger partial charge in [-0.3, -0.25) is 4.79 Å². The summed E-state index contributed by atoms with van der Waals surface area (Å²) < 4.78 is 6.60. The molecule has 0 aromatic heterocycles. The number of hydrogen-bond donors (Lipinski definition) is 1. The minimum atomic E-state index is -0.203. The van der Waals surface area contributed by atoms with Gasteiger partial charge in [0.15, 0.2) is 5.78 Å². The molecule has 0 radical (unpaired) electrons. The molecule has 4 saturated carbocycles. The van der Waals surface area contributed by atoms with E-state index >= 15 is 0 Å². The normalized spacial score (nSPS) is 58.4. The van der Waals surface area contributed by atoms with E-state index in [2.05, 4.69) is 33.8 Å². The molecule has 1 spiro atoms. The molecular formula is C28H42O3. The molecule has 1 N–H and O–H groups in total. The SMILES string of the molecule is C[C@@H]1CC[C@]2(C[C@H]3C[C@H]4[C@@H]5CC[C@H]6C[C@@H](O)CC[C@]6(C)C5=CC(=O)[C@]4(C)[C@H]3[C@@H]2C)OC1. The Labute approximate surface area is 188 Å². The van der Waals surface area contributed by atoms with Crippen LogP contribution in [0.2, 0.25) is 0 Å². The Morgan fingerprint density at radius 2 is 1.87 bits per heavy atom. The van der Waals surface area contributed by atoms with Crippen molar-refractivity contribution in [3.63, 3.8) is 0 Å². The molecule has 6 rings (SSSR count). The van der Waals surface area contributed by atoms with Gasteiger partial charge in [0.25, 0.3) is 0 Å². The van der Waals surface area contributed by atoms with Gasteiger partial charge in [0.1, 0.15) is 0 Å². The predicted molar refractivity (Wildman–Crippen MR) is 121 cm³/mol. The van der Waals surface area contributed by atoms with Gasteiger partial charge in [0.2, 0.25) is 0 Å². The molecule has 0 amide bonds. The lowest BCUT2D eigenvalue weighted by Gasteiger charge is -2.56. The summed E-state index contributed by atoms with van der Waals surface area (Å²) in [6.45, 7) is 10.4. The van der Waals surface area contributed by atoms with Crippen LogP contribution in [0, 0.1) is 52.3 Å². The minimum absolute atomic E-state index is 0.0310. The molecule has 0 aromatic rings. The van der Waals surface area contributed by atoms with Gasteiger partial charge in [-0.15, -0.1) is 0 Å². The Morgan fingerprint density at radius 1 is 1.06 bits per heavy atom. The molecule has 31 heavy (non-hydrogen) atoms. The van der Waals surface area contributed by atoms with Gasteiger partial charge in [0, 0.05) is 12.0 Å². The standard InChI is InChI=1S/C28H42O3/c1-16-7-10-28(31-15-16)14-18-11-23-21-6-5-19-12-20(29)8-9-26(19,3)22(21)13-24(30)27(23,4)25(18)17(28)2/h13,16-21,23,25,29H,5-12,14-15H2,1-4H3/t16-,17+,18-,19+,20+,21-,23+,25+,26+,27-,28-/m1/s1. The van der Waals surface area contributed by atoms with Crippen LogP contribution in [-0.2, 0) is 9.53 Å². The summed E-state index contributed by atoms with van der Waals surface area (Å²) in [6.07, 6.45) is 12.2. The number of fused-ring (bicyclic) bond motifs is 7. The first-order valence-electron chi connectivity index (χ1n) is 13.3. The first-order chi connectivity index (χ1) is 14.7. The average molecular weight is 427 g/mol. The smallest absolute Gasteiger partial charge is 0.162 e. The molecule has 3 nitrogen and oxygen atoms in total. The summed E-state index contributed by atoms with van der Waals surface area (Å²) in [4.78, 5) is 14.0. The molecule has 1 aliphatic heterocycles. The van der Waals surface area contributed by atoms with Crippen LogP contribution >= 0.6 is 0 Å². The van der Waals surface area contributed by atoms with E-state index in [4.69, 9.17) is 4.74 Å². The third-order valence-corrected chi connectivity index (χ3v) is 11.9. The van der Waals surface area contributed by atoms with E-state index in [0.29, 0.717) is 47.2 Å². The van der Waals surface area contributed by atoms with Gasteiger partial charge in [-0.1, -0.05) is 33.3 Å². The largest absolute Gasteiger partial charge is 0.393 e. The first kappa shape index (κ1) is 20.9. The summed E-state index contributed by atoms with van der Waals surface area (Å²) >= 11 is 0. The van der Waals surface area contributed by atoms with Crippen molar-refractivity contribution < 1.29 is 14.6 Å². The number of hydrogen-bond acceptors (Lipinski definition) is 3. The van der Waals surface area contributed by atoms with Gasteiger partial charge >= 0.3 is 0 Å². The number of carbonyl (C=O) groups is 1. The second-order valence-corrected chi connectivity index (χ2v) is 13.1. The van der Waals surface area contributed by atoms with Gasteiger partial charge in [0.05, 0.1) is 11.7 Å². The van der Waals surface area contributed by atoms with E-state index < -0.39 is 0 Å². The van der Waals surface area contributed by atoms with Crippen molar-refractivity contribution in [2.45, 2.75) is 97.2 Å². The van der Waals surface area contributed by atoms with Crippen LogP contribution in [0.5, 0.6) is 0 Å². The molecule has 0 bridgehead atoms. The van der Waals surface area contributed by atoms with Crippen molar-refractivity contribution in [3.05, 3.63) is 11.6 Å². The monoisotopic (exact) mass is 426 g/mol. The minimum Gasteiger partial charge on any atom is -0.393 e. The van der Waals surface area contributed by atoms with E-state index in [1.165, 1.54) is 44.1 Å². The fourth-order valence-electron chi connectivity index (χ4n) is 10.1. The molecule has 172 valence electrons. The number of aliphatic hydroxyl groups is 1. The quantitative estimate of drug-likeness (QED) is 0.552. The van der Waals surface area contributed by atoms with Crippen molar-refractivity contribution in [1.29, 1.82) is 0 Å². The molecule has 11 atom stereocenters. The Bertz CT molecular complexity index is 807. The molecule has 3 heteroatoms. The molecular weight excluding hydrogens is 384 g/mol. The lowest BCUT2D eigenvalue weighted by Crippen LogP contribution is -2.53.